The number of ether oxygens (including phenoxy) is 3. The normalized spacial score (nSPS) is 11.3. The van der Waals surface area contributed by atoms with Gasteiger partial charge in [0, 0.05) is 144 Å². The van der Waals surface area contributed by atoms with E-state index in [0.717, 1.165) is 33.7 Å². The van der Waals surface area contributed by atoms with Crippen LogP contribution in [0.3, 0.4) is 0 Å². The number of methoxy groups -OCH3 is 3. The molecule has 12 heterocycles. The summed E-state index contributed by atoms with van der Waals surface area (Å²) in [6, 6.07) is 25.0. The molecule has 14 N–H and O–H groups in total. The minimum Gasteiger partial charge on any atom is -1.00 e. The molecule has 35 nitrogen and oxygen atoms in total. The topological polar surface area (TPSA) is 526 Å². The third-order valence-corrected chi connectivity index (χ3v) is 21.6. The fourth-order valence-corrected chi connectivity index (χ4v) is 12.8. The summed E-state index contributed by atoms with van der Waals surface area (Å²) in [7, 11) is 12.0. The van der Waals surface area contributed by atoms with Gasteiger partial charge in [0.25, 0.3) is 17.7 Å². The van der Waals surface area contributed by atoms with E-state index in [2.05, 4.69) is 76.3 Å². The van der Waals surface area contributed by atoms with Crippen LogP contribution in [0.2, 0.25) is 46.4 Å². The summed E-state index contributed by atoms with van der Waals surface area (Å²) in [6.07, 6.45) is 10.6. The zero-order valence-corrected chi connectivity index (χ0v) is 92.1. The molecule has 1 aliphatic heterocycles. The van der Waals surface area contributed by atoms with Crippen molar-refractivity contribution in [3.63, 3.8) is 0 Å². The van der Waals surface area contributed by atoms with Crippen molar-refractivity contribution < 1.29 is 173 Å². The van der Waals surface area contributed by atoms with Gasteiger partial charge < -0.3 is 97.0 Å². The second-order valence-corrected chi connectivity index (χ2v) is 32.9. The van der Waals surface area contributed by atoms with Crippen LogP contribution < -0.4 is 115 Å². The van der Waals surface area contributed by atoms with Crippen LogP contribution in [0.1, 0.15) is 167 Å². The number of primary amides is 3. The number of aromatic nitrogens is 11. The monoisotopic (exact) mass is 2200 g/mol. The number of halogens is 11. The molecule has 0 unspecified atom stereocenters. The molecule has 1 saturated heterocycles. The van der Waals surface area contributed by atoms with Crippen LogP contribution in [0.5, 0.6) is 0 Å². The Morgan fingerprint density at radius 2 is 0.881 bits per heavy atom. The number of Topliss-reactive ketones (excluding diaryl/α,β-unsaturated/α-hetero) is 3. The molecule has 4 amide bonds. The first-order valence-corrected chi connectivity index (χ1v) is 43.7. The van der Waals surface area contributed by atoms with Gasteiger partial charge in [0.1, 0.15) is 69.5 Å². The first-order chi connectivity index (χ1) is 60.6. The van der Waals surface area contributed by atoms with Gasteiger partial charge in [0.05, 0.1) is 94.6 Å². The van der Waals surface area contributed by atoms with Crippen molar-refractivity contribution in [1.82, 2.24) is 58.9 Å². The molecule has 0 aromatic carbocycles. The number of carboxylic acids is 1. The molecular formula is C85H102BCl10IKN16NaO19. The van der Waals surface area contributed by atoms with Crippen molar-refractivity contribution in [2.75, 3.05) is 31.6 Å². The zero-order valence-electron chi connectivity index (χ0n) is 78.3. The molecule has 0 radical (unpaired) electrons. The Kier molecular flexibility index (Phi) is 57.9. The van der Waals surface area contributed by atoms with Crippen LogP contribution in [-0.4, -0.2) is 178 Å². The molecule has 49 heteroatoms. The summed E-state index contributed by atoms with van der Waals surface area (Å²) in [5.41, 5.74) is 24.4. The predicted molar refractivity (Wildman–Crippen MR) is 522 cm³/mol. The number of pyridine rings is 4. The number of nitrogens with one attached hydrogen (secondary N) is 3. The van der Waals surface area contributed by atoms with Gasteiger partial charge in [-0.3, -0.25) is 52.8 Å². The summed E-state index contributed by atoms with van der Waals surface area (Å²) in [5.74, 6) is -3.80. The molecule has 11 aromatic rings. The number of carbonyl (C=O) groups excluding carboxylic acids is 10. The Bertz CT molecular complexity index is 5770. The molecule has 1 fully saturated rings. The minimum atomic E-state index is -1.07. The van der Waals surface area contributed by atoms with E-state index in [1.54, 1.807) is 119 Å². The Morgan fingerprint density at radius 3 is 1.22 bits per heavy atom. The van der Waals surface area contributed by atoms with Gasteiger partial charge in [0.15, 0.2) is 0 Å². The van der Waals surface area contributed by atoms with E-state index in [0.29, 0.717) is 66.6 Å². The van der Waals surface area contributed by atoms with Gasteiger partial charge in [0.2, 0.25) is 5.91 Å². The van der Waals surface area contributed by atoms with Crippen LogP contribution in [0.15, 0.2) is 128 Å². The number of rotatable bonds is 18. The maximum Gasteiger partial charge on any atom is 1.00 e. The summed E-state index contributed by atoms with van der Waals surface area (Å²) in [5, 5.41) is 13.8. The molecule has 0 atom stereocenters. The maximum atomic E-state index is 12.1. The summed E-state index contributed by atoms with van der Waals surface area (Å²) in [6.45, 7) is 19.7. The second-order valence-electron chi connectivity index (χ2n) is 29.3. The number of amides is 4. The molecule has 12 rings (SSSR count). The molecule has 0 aliphatic carbocycles. The number of nitrogens with zero attached hydrogens (tertiary/aromatic N) is 9. The number of aromatic carboxylic acids is 1. The largest absolute Gasteiger partial charge is 1.00 e. The third-order valence-electron chi connectivity index (χ3n) is 17.7. The fourth-order valence-electron chi connectivity index (χ4n) is 10.7. The first kappa shape index (κ1) is 129. The first-order valence-electron chi connectivity index (χ1n) is 37.8. The molecule has 718 valence electrons. The van der Waals surface area contributed by atoms with Crippen LogP contribution in [0.4, 0.5) is 5.82 Å². The Labute approximate surface area is 905 Å². The Morgan fingerprint density at radius 1 is 0.515 bits per heavy atom. The van der Waals surface area contributed by atoms with Gasteiger partial charge in [-0.15, -0.1) is 0 Å². The molecule has 0 bridgehead atoms. The van der Waals surface area contributed by atoms with E-state index >= 15 is 0 Å². The van der Waals surface area contributed by atoms with Crippen molar-refractivity contribution in [2.24, 2.45) is 52.4 Å². The van der Waals surface area contributed by atoms with Crippen LogP contribution >= 0.6 is 139 Å². The molecule has 134 heavy (non-hydrogen) atoms. The number of carboxylic acid groups (broad SMARTS) is 1. The average molecular weight is 2210 g/mol. The minimum absolute atomic E-state index is 0. The zero-order chi connectivity index (χ0) is 99.1. The van der Waals surface area contributed by atoms with Crippen molar-refractivity contribution >= 4 is 222 Å². The van der Waals surface area contributed by atoms with E-state index in [4.69, 9.17) is 148 Å². The smallest absolute Gasteiger partial charge is 1.00 e. The van der Waals surface area contributed by atoms with Crippen LogP contribution in [0, 0.1) is 0 Å². The maximum absolute atomic E-state index is 12.1. The van der Waals surface area contributed by atoms with Crippen molar-refractivity contribution in [2.45, 2.75) is 112 Å². The summed E-state index contributed by atoms with van der Waals surface area (Å²) in [4.78, 5) is 146. The van der Waals surface area contributed by atoms with Crippen molar-refractivity contribution in [3.8, 4) is 33.8 Å². The van der Waals surface area contributed by atoms with E-state index in [1.807, 2.05) is 89.3 Å². The number of esters is 3. The standard InChI is InChI=1S/C21H21N5O3.C14H20BNO3.C14H14ClN3O2.C7H7Cl2NO2.C6H6Cl2N2O.2C6H5Cl2NO2.C6H7NO2.C4H9ClO.CH3I.K.H3N.Na.H2O.H/c1-12(27)8-16-9-14(4-6-23-16)18-11-17(21(22)29)20(26(18)3)15-5-7-24-19(10-15)25-13(2)28;1-10(17)8-12-9-11(6-7-16-12)15-18-13(2,3)14(4,5)19-15;1-8(19)5-10-6-9(3-4-17-10)12-7-11(14(16)20)13(15)18(12)2;1-10-5(8)3-4(6(10)9)7(11)12-2;1-10-4(7)2-3(5(10)8)6(9)11;1-11-6(10)3-2-4(7)9-5(3)8;1-9-4(7)2-3(5(9)8)6(10)11;1-9-6(8)5-2-3-7-4-5;1-4(2,3)6-5;1-2;;;;;/h4-7,9-11H,8H2,1-3H3,(H2,22,29)(H,24,25,28);6-7,9H,8H2,1-5H3;3-4,6-7H,5H2,1-2H3,(H2,16,20);3H,1-2H3;2H,1H3,(H2,9,11);2,9H,1H3;2H,1H3,(H,10,11);2-4,7H,1H3;1-3H3;1H3;;1H3;;1H2;/q;;;;;;;;;;+1;;+1;;-1/p-1. The predicted octanol–water partition coefficient (Wildman–Crippen LogP) is 11.4. The Balaban J connectivity index is -0.00000149. The number of ketones is 3. The van der Waals surface area contributed by atoms with E-state index in [1.165, 1.54) is 80.1 Å². The molecular weight excluding hydrogens is 2100 g/mol. The number of aromatic amines is 2. The number of hydrogen-bond acceptors (Lipinski definition) is 23. The van der Waals surface area contributed by atoms with E-state index in [9.17, 15) is 52.7 Å². The number of alkyl halides is 1. The number of hydrogen-bond donors (Lipinski definition) is 8. The fraction of sp³-hybridized carbons (Fsp3) is 0.306. The van der Waals surface area contributed by atoms with Gasteiger partial charge in [-0.25, -0.2) is 24.2 Å². The van der Waals surface area contributed by atoms with E-state index in [-0.39, 0.29) is 206 Å². The molecule has 11 aromatic heterocycles. The van der Waals surface area contributed by atoms with Gasteiger partial charge in [-0.05, 0) is 171 Å². The summed E-state index contributed by atoms with van der Waals surface area (Å²) >= 11 is 58.3. The third kappa shape index (κ3) is 39.4. The van der Waals surface area contributed by atoms with Gasteiger partial charge >= 0.3 is 112 Å². The Hall–Kier alpha value is -7.54. The van der Waals surface area contributed by atoms with Crippen LogP contribution in [0.25, 0.3) is 33.8 Å². The quantitative estimate of drug-likeness (QED) is 0.0130. The van der Waals surface area contributed by atoms with E-state index < -0.39 is 42.7 Å². The number of anilines is 1. The number of nitrogens with two attached hydrogens (primary N) is 3. The van der Waals surface area contributed by atoms with Crippen molar-refractivity contribution in [1.29, 1.82) is 0 Å². The molecule has 0 spiro atoms. The molecule has 0 saturated carbocycles. The van der Waals surface area contributed by atoms with Gasteiger partial charge in [-0.1, -0.05) is 127 Å². The van der Waals surface area contributed by atoms with Crippen LogP contribution in [-0.2, 0) is 101 Å². The SMILES string of the molecule is CC(=O)Cc1cc(-c2cc(C(N)=O)c(-c3ccnc(NC(C)=O)c3)n2C)ccn1.CC(=O)Cc1cc(-c2cc(C(N)=O)c(Cl)n2C)ccn1.CC(=O)Cc1cc(B2OC(C)(C)C(C)(C)O2)ccn1.CC(C)(C)OCl.CI.COC(=O)c1cc(Cl)[nH]c1Cl.COC(=O)c1cc(Cl)n(C)c1Cl.COC(=O)c1cc[nH]c1.Cn1c(Cl)cc(C(=O)O)c1Cl.Cn1c(Cl)cc(C(N)=O)c1Cl.N.[H-].[K+].[Na+].[OH-]. The summed E-state index contributed by atoms with van der Waals surface area (Å²) < 4.78 is 37.6. The second kappa shape index (κ2) is 60.3. The molecule has 1 aliphatic rings. The number of H-pyrrole nitrogens is 2. The van der Waals surface area contributed by atoms with Gasteiger partial charge in [-0.2, -0.15) is 0 Å². The average Bonchev–Trinajstić information content (AvgIpc) is 1.61. The van der Waals surface area contributed by atoms with Crippen molar-refractivity contribution in [3.05, 3.63) is 231 Å². The number of carbonyl (C=O) groups is 11.